The topological polar surface area (TPSA) is 78.4 Å². The fourth-order valence-corrected chi connectivity index (χ4v) is 3.02. The van der Waals surface area contributed by atoms with Gasteiger partial charge in [-0.2, -0.15) is 0 Å². The first-order valence-electron chi connectivity index (χ1n) is 7.98. The molecule has 0 radical (unpaired) electrons. The molecule has 1 aliphatic carbocycles. The van der Waals surface area contributed by atoms with Gasteiger partial charge in [0.2, 0.25) is 0 Å². The van der Waals surface area contributed by atoms with E-state index in [1.54, 1.807) is 0 Å². The van der Waals surface area contributed by atoms with Gasteiger partial charge in [-0.25, -0.2) is 4.79 Å². The van der Waals surface area contributed by atoms with Crippen molar-refractivity contribution < 1.29 is 14.7 Å². The third-order valence-electron chi connectivity index (χ3n) is 4.33. The first-order valence-corrected chi connectivity index (χ1v) is 8.35. The number of rotatable bonds is 5. The van der Waals surface area contributed by atoms with E-state index in [-0.39, 0.29) is 18.0 Å². The number of amides is 2. The highest BCUT2D eigenvalue weighted by Gasteiger charge is 2.26. The number of carboxylic acids is 1. The molecule has 0 heterocycles. The van der Waals surface area contributed by atoms with Crippen LogP contribution in [0.15, 0.2) is 18.2 Å². The summed E-state index contributed by atoms with van der Waals surface area (Å²) in [6.07, 6.45) is 3.45. The van der Waals surface area contributed by atoms with Gasteiger partial charge < -0.3 is 15.7 Å². The molecule has 1 fully saturated rings. The van der Waals surface area contributed by atoms with Crippen LogP contribution < -0.4 is 10.6 Å². The number of halogens is 1. The van der Waals surface area contributed by atoms with Crippen LogP contribution in [0.4, 0.5) is 4.79 Å². The van der Waals surface area contributed by atoms with Gasteiger partial charge in [0, 0.05) is 17.6 Å². The van der Waals surface area contributed by atoms with E-state index in [1.165, 1.54) is 0 Å². The van der Waals surface area contributed by atoms with E-state index in [0.717, 1.165) is 35.4 Å². The minimum atomic E-state index is -0.730. The molecule has 5 nitrogen and oxygen atoms in total. The predicted molar refractivity (Wildman–Crippen MR) is 89.8 cm³/mol. The van der Waals surface area contributed by atoms with E-state index < -0.39 is 5.97 Å². The zero-order valence-electron chi connectivity index (χ0n) is 13.3. The summed E-state index contributed by atoms with van der Waals surface area (Å²) in [5.74, 6) is -0.990. The first kappa shape index (κ1) is 17.6. The number of carbonyl (C=O) groups is 2. The van der Waals surface area contributed by atoms with Crippen LogP contribution in [0.3, 0.4) is 0 Å². The van der Waals surface area contributed by atoms with Crippen molar-refractivity contribution in [2.24, 2.45) is 5.92 Å². The molecule has 1 saturated carbocycles. The molecule has 0 unspecified atom stereocenters. The van der Waals surface area contributed by atoms with Crippen LogP contribution in [-0.2, 0) is 11.2 Å². The SMILES string of the molecule is Cc1cc(CCNC(=O)NC2CCC(C(=O)O)CC2)ccc1Cl. The zero-order chi connectivity index (χ0) is 16.8. The molecular formula is C17H23ClN2O3. The standard InChI is InChI=1S/C17H23ClN2O3/c1-11-10-12(2-7-15(11)18)8-9-19-17(23)20-14-5-3-13(4-6-14)16(21)22/h2,7,10,13-14H,3-6,8-9H2,1H3,(H,21,22)(H2,19,20,23). The third kappa shape index (κ3) is 5.43. The Morgan fingerprint density at radius 3 is 2.57 bits per heavy atom. The monoisotopic (exact) mass is 338 g/mol. The van der Waals surface area contributed by atoms with Crippen LogP contribution in [0.1, 0.15) is 36.8 Å². The van der Waals surface area contributed by atoms with Crippen molar-refractivity contribution in [3.8, 4) is 0 Å². The summed E-state index contributed by atoms with van der Waals surface area (Å²) in [5, 5.41) is 15.5. The van der Waals surface area contributed by atoms with E-state index in [1.807, 2.05) is 25.1 Å². The number of carboxylic acid groups (broad SMARTS) is 1. The highest BCUT2D eigenvalue weighted by atomic mass is 35.5. The number of carbonyl (C=O) groups excluding carboxylic acids is 1. The Hall–Kier alpha value is -1.75. The lowest BCUT2D eigenvalue weighted by atomic mass is 9.86. The number of nitrogens with one attached hydrogen (secondary N) is 2. The Labute approximate surface area is 141 Å². The van der Waals surface area contributed by atoms with Gasteiger partial charge in [-0.15, -0.1) is 0 Å². The lowest BCUT2D eigenvalue weighted by molar-refractivity contribution is -0.142. The van der Waals surface area contributed by atoms with E-state index in [2.05, 4.69) is 10.6 Å². The first-order chi connectivity index (χ1) is 11.0. The fourth-order valence-electron chi connectivity index (χ4n) is 2.90. The van der Waals surface area contributed by atoms with Crippen LogP contribution in [0.5, 0.6) is 0 Å². The number of hydrogen-bond donors (Lipinski definition) is 3. The summed E-state index contributed by atoms with van der Waals surface area (Å²) < 4.78 is 0. The highest BCUT2D eigenvalue weighted by molar-refractivity contribution is 6.31. The molecule has 3 N–H and O–H groups in total. The van der Waals surface area contributed by atoms with Crippen LogP contribution >= 0.6 is 11.6 Å². The van der Waals surface area contributed by atoms with Gasteiger partial charge in [-0.05, 0) is 56.2 Å². The number of urea groups is 1. The molecule has 0 saturated heterocycles. The Morgan fingerprint density at radius 1 is 1.26 bits per heavy atom. The van der Waals surface area contributed by atoms with Crippen molar-refractivity contribution in [1.82, 2.24) is 10.6 Å². The molecule has 1 aromatic carbocycles. The quantitative estimate of drug-likeness (QED) is 0.771. The van der Waals surface area contributed by atoms with E-state index >= 15 is 0 Å². The van der Waals surface area contributed by atoms with Gasteiger partial charge in [-0.1, -0.05) is 23.7 Å². The molecule has 126 valence electrons. The van der Waals surface area contributed by atoms with Crippen LogP contribution in [-0.4, -0.2) is 29.7 Å². The second-order valence-electron chi connectivity index (χ2n) is 6.12. The Kier molecular flexibility index (Phi) is 6.28. The number of aryl methyl sites for hydroxylation is 1. The Morgan fingerprint density at radius 2 is 1.96 bits per heavy atom. The predicted octanol–water partition coefficient (Wildman–Crippen LogP) is 3.13. The molecular weight excluding hydrogens is 316 g/mol. The number of aliphatic carboxylic acids is 1. The molecule has 1 aliphatic rings. The molecule has 0 atom stereocenters. The second kappa shape index (κ2) is 8.20. The smallest absolute Gasteiger partial charge is 0.315 e. The van der Waals surface area contributed by atoms with Gasteiger partial charge in [-0.3, -0.25) is 4.79 Å². The van der Waals surface area contributed by atoms with Crippen molar-refractivity contribution >= 4 is 23.6 Å². The maximum Gasteiger partial charge on any atom is 0.315 e. The van der Waals surface area contributed by atoms with Gasteiger partial charge in [0.1, 0.15) is 0 Å². The molecule has 23 heavy (non-hydrogen) atoms. The van der Waals surface area contributed by atoms with Crippen molar-refractivity contribution in [3.05, 3.63) is 34.3 Å². The van der Waals surface area contributed by atoms with Crippen molar-refractivity contribution in [2.45, 2.75) is 45.1 Å². The molecule has 0 bridgehead atoms. The average Bonchev–Trinajstić information content (AvgIpc) is 2.51. The van der Waals surface area contributed by atoms with Crippen molar-refractivity contribution in [3.63, 3.8) is 0 Å². The summed E-state index contributed by atoms with van der Waals surface area (Å²) in [4.78, 5) is 22.8. The maximum absolute atomic E-state index is 11.9. The molecule has 6 heteroatoms. The Bertz CT molecular complexity index is 569. The van der Waals surface area contributed by atoms with Crippen LogP contribution in [0.25, 0.3) is 0 Å². The molecule has 1 aromatic rings. The maximum atomic E-state index is 11.9. The summed E-state index contributed by atoms with van der Waals surface area (Å²) in [7, 11) is 0. The normalized spacial score (nSPS) is 20.8. The lowest BCUT2D eigenvalue weighted by Gasteiger charge is -2.26. The molecule has 2 rings (SSSR count). The minimum absolute atomic E-state index is 0.0726. The molecule has 0 spiro atoms. The fraction of sp³-hybridized carbons (Fsp3) is 0.529. The number of hydrogen-bond acceptors (Lipinski definition) is 2. The number of benzene rings is 1. The largest absolute Gasteiger partial charge is 0.481 e. The average molecular weight is 339 g/mol. The summed E-state index contributed by atoms with van der Waals surface area (Å²) in [5.41, 5.74) is 2.16. The molecule has 0 aromatic heterocycles. The van der Waals surface area contributed by atoms with Crippen molar-refractivity contribution in [1.29, 1.82) is 0 Å². The van der Waals surface area contributed by atoms with Gasteiger partial charge in [0.25, 0.3) is 0 Å². The highest BCUT2D eigenvalue weighted by Crippen LogP contribution is 2.24. The van der Waals surface area contributed by atoms with E-state index in [0.29, 0.717) is 19.4 Å². The zero-order valence-corrected chi connectivity index (χ0v) is 14.0. The molecule has 0 aliphatic heterocycles. The Balaban J connectivity index is 1.67. The third-order valence-corrected chi connectivity index (χ3v) is 4.76. The van der Waals surface area contributed by atoms with Gasteiger partial charge >= 0.3 is 12.0 Å². The lowest BCUT2D eigenvalue weighted by Crippen LogP contribution is -2.44. The van der Waals surface area contributed by atoms with E-state index in [4.69, 9.17) is 16.7 Å². The summed E-state index contributed by atoms with van der Waals surface area (Å²) in [6.45, 7) is 2.51. The minimum Gasteiger partial charge on any atom is -0.481 e. The second-order valence-corrected chi connectivity index (χ2v) is 6.53. The summed E-state index contributed by atoms with van der Waals surface area (Å²) >= 11 is 5.99. The van der Waals surface area contributed by atoms with Crippen LogP contribution in [0, 0.1) is 12.8 Å². The molecule has 2 amide bonds. The van der Waals surface area contributed by atoms with Crippen molar-refractivity contribution in [2.75, 3.05) is 6.54 Å². The van der Waals surface area contributed by atoms with Gasteiger partial charge in [0.05, 0.1) is 5.92 Å². The summed E-state index contributed by atoms with van der Waals surface area (Å²) in [6, 6.07) is 5.74. The van der Waals surface area contributed by atoms with Crippen LogP contribution in [0.2, 0.25) is 5.02 Å². The van der Waals surface area contributed by atoms with E-state index in [9.17, 15) is 9.59 Å². The van der Waals surface area contributed by atoms with Gasteiger partial charge in [0.15, 0.2) is 0 Å².